The normalized spacial score (nSPS) is 11.8. The Morgan fingerprint density at radius 3 is 2.38 bits per heavy atom. The molecule has 0 unspecified atom stereocenters. The summed E-state index contributed by atoms with van der Waals surface area (Å²) in [4.78, 5) is 13.9. The molecule has 6 heteroatoms. The molecule has 0 aliphatic heterocycles. The molecule has 0 radical (unpaired) electrons. The number of esters is 1. The number of hydrogen-bond donors (Lipinski definition) is 0. The molecule has 0 amide bonds. The van der Waals surface area contributed by atoms with E-state index in [-0.39, 0.29) is 0 Å². The van der Waals surface area contributed by atoms with E-state index in [0.717, 1.165) is 11.3 Å². The van der Waals surface area contributed by atoms with Crippen LogP contribution in [0.3, 0.4) is 0 Å². The van der Waals surface area contributed by atoms with E-state index in [1.807, 2.05) is 59.5 Å². The predicted molar refractivity (Wildman–Crippen MR) is 98.2 cm³/mol. The first kappa shape index (κ1) is 19.8. The smallest absolute Gasteiger partial charge is 0.350 e. The average Bonchev–Trinajstić information content (AvgIpc) is 2.69. The first-order valence-electron chi connectivity index (χ1n) is 8.33. The lowest BCUT2D eigenvalue weighted by molar-refractivity contribution is -0.166. The van der Waals surface area contributed by atoms with Gasteiger partial charge in [-0.3, -0.25) is 4.90 Å². The summed E-state index contributed by atoms with van der Waals surface area (Å²) in [6, 6.07) is 17.3. The number of ether oxygens (including phenoxy) is 4. The van der Waals surface area contributed by atoms with Crippen LogP contribution in [0.15, 0.2) is 54.6 Å². The minimum atomic E-state index is -0.797. The van der Waals surface area contributed by atoms with Gasteiger partial charge in [-0.1, -0.05) is 36.4 Å². The van der Waals surface area contributed by atoms with Crippen LogP contribution in [0.1, 0.15) is 5.56 Å². The van der Waals surface area contributed by atoms with Gasteiger partial charge in [-0.05, 0) is 17.7 Å². The van der Waals surface area contributed by atoms with Crippen LogP contribution in [0.4, 0.5) is 0 Å². The van der Waals surface area contributed by atoms with Gasteiger partial charge in [-0.2, -0.15) is 0 Å². The molecule has 2 aromatic carbocycles. The molecule has 2 rings (SSSR count). The fourth-order valence-electron chi connectivity index (χ4n) is 2.56. The van der Waals surface area contributed by atoms with Gasteiger partial charge in [0.25, 0.3) is 0 Å². The highest BCUT2D eigenvalue weighted by molar-refractivity contribution is 5.74. The van der Waals surface area contributed by atoms with E-state index in [9.17, 15) is 4.79 Å². The van der Waals surface area contributed by atoms with Crippen molar-refractivity contribution in [2.75, 3.05) is 34.5 Å². The molecule has 0 fully saturated rings. The molecule has 0 heterocycles. The molecule has 26 heavy (non-hydrogen) atoms. The topological polar surface area (TPSA) is 57.2 Å². The zero-order valence-corrected chi connectivity index (χ0v) is 15.4. The van der Waals surface area contributed by atoms with E-state index in [2.05, 4.69) is 0 Å². The number of hydrogen-bond acceptors (Lipinski definition) is 6. The van der Waals surface area contributed by atoms with Crippen LogP contribution in [-0.4, -0.2) is 51.6 Å². The van der Waals surface area contributed by atoms with Crippen LogP contribution in [0.25, 0.3) is 0 Å². The molecule has 6 nitrogen and oxygen atoms in total. The van der Waals surface area contributed by atoms with Gasteiger partial charge < -0.3 is 18.9 Å². The second-order valence-electron chi connectivity index (χ2n) is 5.59. The Labute approximate surface area is 154 Å². The van der Waals surface area contributed by atoms with Crippen molar-refractivity contribution in [3.05, 3.63) is 60.2 Å². The third kappa shape index (κ3) is 5.75. The Balaban J connectivity index is 2.03. The van der Waals surface area contributed by atoms with Crippen LogP contribution in [-0.2, 0) is 20.8 Å². The van der Waals surface area contributed by atoms with E-state index in [1.165, 1.54) is 14.2 Å². The van der Waals surface area contributed by atoms with Crippen molar-refractivity contribution in [1.82, 2.24) is 4.90 Å². The van der Waals surface area contributed by atoms with Gasteiger partial charge in [0.05, 0.1) is 14.2 Å². The molecule has 0 aliphatic rings. The molecule has 2 aromatic rings. The Hall–Kier alpha value is -2.57. The van der Waals surface area contributed by atoms with Crippen LogP contribution < -0.4 is 9.47 Å². The van der Waals surface area contributed by atoms with Gasteiger partial charge in [0.2, 0.25) is 6.23 Å². The van der Waals surface area contributed by atoms with E-state index >= 15 is 0 Å². The maximum absolute atomic E-state index is 12.0. The summed E-state index contributed by atoms with van der Waals surface area (Å²) in [6.45, 7) is 1.41. The fraction of sp³-hybridized carbons (Fsp3) is 0.350. The highest BCUT2D eigenvalue weighted by atomic mass is 16.6. The number of methoxy groups -OCH3 is 3. The summed E-state index contributed by atoms with van der Waals surface area (Å²) in [6.07, 6.45) is -0.797. The second kappa shape index (κ2) is 10.4. The zero-order chi connectivity index (χ0) is 18.8. The summed E-state index contributed by atoms with van der Waals surface area (Å²) in [5.74, 6) is 0.994. The highest BCUT2D eigenvalue weighted by Gasteiger charge is 2.26. The molecule has 0 aliphatic carbocycles. The molecular formula is C20H25NO5. The number of carbonyl (C=O) groups excluding carboxylic acids is 1. The van der Waals surface area contributed by atoms with E-state index in [0.29, 0.717) is 25.4 Å². The summed E-state index contributed by atoms with van der Waals surface area (Å²) >= 11 is 0. The lowest BCUT2D eigenvalue weighted by atomic mass is 10.2. The third-order valence-corrected chi connectivity index (χ3v) is 3.87. The van der Waals surface area contributed by atoms with Crippen LogP contribution in [0, 0.1) is 0 Å². The number of nitrogens with zero attached hydrogens (tertiary/aromatic N) is 1. The largest absolute Gasteiger partial charge is 0.497 e. The summed E-state index contributed by atoms with van der Waals surface area (Å²) in [5.41, 5.74) is 1.07. The number of benzene rings is 2. The zero-order valence-electron chi connectivity index (χ0n) is 15.4. The SMILES string of the molecule is COC(=O)[C@@H](OC)N(CCOc1cccc(OC)c1)Cc1ccccc1. The molecule has 1 atom stereocenters. The quantitative estimate of drug-likeness (QED) is 0.480. The van der Waals surface area contributed by atoms with Crippen molar-refractivity contribution >= 4 is 5.97 Å². The first-order chi connectivity index (χ1) is 12.7. The lowest BCUT2D eigenvalue weighted by Gasteiger charge is -2.28. The lowest BCUT2D eigenvalue weighted by Crippen LogP contribution is -2.44. The number of carbonyl (C=O) groups is 1. The van der Waals surface area contributed by atoms with E-state index < -0.39 is 12.2 Å². The monoisotopic (exact) mass is 359 g/mol. The Morgan fingerprint density at radius 1 is 1.00 bits per heavy atom. The second-order valence-corrected chi connectivity index (χ2v) is 5.59. The minimum absolute atomic E-state index is 0.386. The summed E-state index contributed by atoms with van der Waals surface area (Å²) < 4.78 is 21.2. The maximum Gasteiger partial charge on any atom is 0.350 e. The Kier molecular flexibility index (Phi) is 7.92. The van der Waals surface area contributed by atoms with Crippen molar-refractivity contribution in [1.29, 1.82) is 0 Å². The Morgan fingerprint density at radius 2 is 1.73 bits per heavy atom. The molecule has 0 N–H and O–H groups in total. The summed E-state index contributed by atoms with van der Waals surface area (Å²) in [7, 11) is 4.45. The average molecular weight is 359 g/mol. The predicted octanol–water partition coefficient (Wildman–Crippen LogP) is 2.72. The molecular weight excluding hydrogens is 334 g/mol. The molecule has 0 aromatic heterocycles. The van der Waals surface area contributed by atoms with Crippen molar-refractivity contribution < 1.29 is 23.7 Å². The van der Waals surface area contributed by atoms with Gasteiger partial charge in [0.1, 0.15) is 18.1 Å². The van der Waals surface area contributed by atoms with Crippen molar-refractivity contribution in [3.63, 3.8) is 0 Å². The van der Waals surface area contributed by atoms with Crippen molar-refractivity contribution in [3.8, 4) is 11.5 Å². The van der Waals surface area contributed by atoms with Crippen molar-refractivity contribution in [2.45, 2.75) is 12.8 Å². The van der Waals surface area contributed by atoms with Crippen LogP contribution >= 0.6 is 0 Å². The van der Waals surface area contributed by atoms with E-state index in [4.69, 9.17) is 18.9 Å². The molecule has 140 valence electrons. The molecule has 0 saturated carbocycles. The first-order valence-corrected chi connectivity index (χ1v) is 8.33. The van der Waals surface area contributed by atoms with E-state index in [1.54, 1.807) is 7.11 Å². The molecule has 0 saturated heterocycles. The number of rotatable bonds is 10. The standard InChI is InChI=1S/C20H25NO5/c1-23-17-10-7-11-18(14-17)26-13-12-21(19(24-2)20(22)25-3)15-16-8-5-4-6-9-16/h4-11,14,19H,12-13,15H2,1-3H3/t19-/m1/s1. The van der Waals surface area contributed by atoms with Crippen LogP contribution in [0.2, 0.25) is 0 Å². The minimum Gasteiger partial charge on any atom is -0.497 e. The van der Waals surface area contributed by atoms with Gasteiger partial charge in [0, 0.05) is 26.3 Å². The van der Waals surface area contributed by atoms with Crippen molar-refractivity contribution in [2.24, 2.45) is 0 Å². The third-order valence-electron chi connectivity index (χ3n) is 3.87. The molecule has 0 bridgehead atoms. The van der Waals surface area contributed by atoms with Gasteiger partial charge in [0.15, 0.2) is 0 Å². The van der Waals surface area contributed by atoms with Gasteiger partial charge in [-0.25, -0.2) is 4.79 Å². The highest BCUT2D eigenvalue weighted by Crippen LogP contribution is 2.19. The van der Waals surface area contributed by atoms with Crippen LogP contribution in [0.5, 0.6) is 11.5 Å². The van der Waals surface area contributed by atoms with Gasteiger partial charge in [-0.15, -0.1) is 0 Å². The maximum atomic E-state index is 12.0. The fourth-order valence-corrected chi connectivity index (χ4v) is 2.56. The Bertz CT molecular complexity index is 677. The molecule has 0 spiro atoms. The van der Waals surface area contributed by atoms with Gasteiger partial charge >= 0.3 is 5.97 Å². The summed E-state index contributed by atoms with van der Waals surface area (Å²) in [5, 5.41) is 0.